The third-order valence-electron chi connectivity index (χ3n) is 12.6. The van der Waals surface area contributed by atoms with Crippen molar-refractivity contribution < 1.29 is 9.90 Å². The fraction of sp³-hybridized carbons (Fsp3) is 0.327. The minimum atomic E-state index is -4.83. The molecule has 2 aromatic heterocycles. The van der Waals surface area contributed by atoms with Crippen molar-refractivity contribution in [1.29, 1.82) is 0 Å². The van der Waals surface area contributed by atoms with Crippen LogP contribution >= 0.6 is 0 Å². The molecule has 304 valence electrons. The second-order valence-corrected chi connectivity index (χ2v) is 23.6. The number of aliphatic hydroxyl groups excluding tert-OH is 1. The highest BCUT2D eigenvalue weighted by atomic mass is 28.4. The Morgan fingerprint density at radius 1 is 0.467 bits per heavy atom. The van der Waals surface area contributed by atoms with Gasteiger partial charge in [0, 0.05) is 43.8 Å². The summed E-state index contributed by atoms with van der Waals surface area (Å²) in [5.74, 6) is 2.02. The first-order chi connectivity index (χ1) is 28.0. The highest BCUT2D eigenvalue weighted by Crippen LogP contribution is 2.44. The van der Waals surface area contributed by atoms with Crippen molar-refractivity contribution in [1.82, 2.24) is 8.47 Å². The summed E-state index contributed by atoms with van der Waals surface area (Å²) in [6.07, 6.45) is 0. The standard InChI is InChI=1S/C49H52N8O2Si/c1-46(2,3)25-15-19-31-33(21-25)38(50)56-42(31)55-41-35-23-27(48(7,8)9)14-18-30(35)39(52-41)53-44-36-24-28(49(10,11)12)16-20-32(36)43-54-40-34-22-26(47(4,5)6)13-17-29(34)37(51-40)45(58)60(56,59)57(43)44/h13-24,58-59H,50H2,1-12H3/b45-37-,53-44?,54-43?,55-41?. The van der Waals surface area contributed by atoms with Crippen molar-refractivity contribution in [3.63, 3.8) is 0 Å². The quantitative estimate of drug-likeness (QED) is 0.132. The number of amidine groups is 3. The van der Waals surface area contributed by atoms with Crippen LogP contribution < -0.4 is 16.7 Å². The molecule has 0 fully saturated rings. The van der Waals surface area contributed by atoms with E-state index in [2.05, 4.69) is 144 Å². The predicted octanol–water partition coefficient (Wildman–Crippen LogP) is 9.03. The molecule has 1 unspecified atom stereocenters. The van der Waals surface area contributed by atoms with E-state index in [1.165, 1.54) is 0 Å². The third kappa shape index (κ3) is 5.30. The minimum absolute atomic E-state index is 0.149. The summed E-state index contributed by atoms with van der Waals surface area (Å²) < 4.78 is 3.44. The number of nitrogen functional groups attached to an aromatic ring is 1. The lowest BCUT2D eigenvalue weighted by atomic mass is 9.85. The minimum Gasteiger partial charge on any atom is -0.509 e. The number of aliphatic hydroxyl groups is 1. The Labute approximate surface area is 351 Å². The van der Waals surface area contributed by atoms with E-state index in [0.717, 1.165) is 55.1 Å². The molecule has 0 saturated carbocycles. The highest BCUT2D eigenvalue weighted by molar-refractivity contribution is 6.78. The molecule has 0 radical (unpaired) electrons. The topological polar surface area (TPSA) is 138 Å². The van der Waals surface area contributed by atoms with Crippen LogP contribution in [0.3, 0.4) is 0 Å². The Kier molecular flexibility index (Phi) is 7.59. The van der Waals surface area contributed by atoms with Crippen LogP contribution in [0, 0.1) is 0 Å². The molecule has 0 spiro atoms. The molecule has 6 aromatic rings. The lowest BCUT2D eigenvalue weighted by molar-refractivity contribution is 0.389. The van der Waals surface area contributed by atoms with E-state index in [1.54, 1.807) is 8.47 Å². The van der Waals surface area contributed by atoms with Crippen LogP contribution in [0.2, 0.25) is 0 Å². The van der Waals surface area contributed by atoms with Gasteiger partial charge in [0.2, 0.25) is 0 Å². The average Bonchev–Trinajstić information content (AvgIpc) is 3.87. The van der Waals surface area contributed by atoms with Gasteiger partial charge in [-0.3, -0.25) is 8.47 Å². The number of nitrogens with two attached hydrogens (primary N) is 1. The van der Waals surface area contributed by atoms with Gasteiger partial charge < -0.3 is 15.6 Å². The molecule has 0 aliphatic carbocycles. The predicted molar refractivity (Wildman–Crippen MR) is 246 cm³/mol. The van der Waals surface area contributed by atoms with Gasteiger partial charge in [-0.2, -0.15) is 0 Å². The van der Waals surface area contributed by atoms with Gasteiger partial charge in [0.15, 0.2) is 22.9 Å². The first kappa shape index (κ1) is 38.3. The Morgan fingerprint density at radius 2 is 0.917 bits per heavy atom. The summed E-state index contributed by atoms with van der Waals surface area (Å²) in [5.41, 5.74) is 15.3. The lowest BCUT2D eigenvalue weighted by Crippen LogP contribution is -2.62. The van der Waals surface area contributed by atoms with E-state index < -0.39 is 8.64 Å². The van der Waals surface area contributed by atoms with Crippen LogP contribution in [0.4, 0.5) is 11.6 Å². The van der Waals surface area contributed by atoms with Gasteiger partial charge in [0.05, 0.1) is 0 Å². The molecular weight excluding hydrogens is 761 g/mol. The largest absolute Gasteiger partial charge is 0.509 e. The summed E-state index contributed by atoms with van der Waals surface area (Å²) >= 11 is 0. The number of hydrogen-bond acceptors (Lipinski definition) is 8. The average molecular weight is 813 g/mol. The zero-order valence-electron chi connectivity index (χ0n) is 36.5. The number of hydrogen-bond donors (Lipinski definition) is 3. The maximum atomic E-state index is 14.3. The summed E-state index contributed by atoms with van der Waals surface area (Å²) in [5, 5.41) is 15.9. The van der Waals surface area contributed by atoms with Crippen molar-refractivity contribution in [3.05, 3.63) is 134 Å². The summed E-state index contributed by atoms with van der Waals surface area (Å²) in [6, 6.07) is 25.0. The number of fused-ring (bicyclic) bond motifs is 15. The van der Waals surface area contributed by atoms with E-state index >= 15 is 0 Å². The van der Waals surface area contributed by atoms with Crippen LogP contribution in [0.5, 0.6) is 0 Å². The smallest absolute Gasteiger partial charge is 0.503 e. The molecule has 4 aliphatic rings. The van der Waals surface area contributed by atoms with Gasteiger partial charge in [-0.05, 0) is 68.2 Å². The molecule has 0 saturated heterocycles. The Bertz CT molecular complexity index is 3220. The molecule has 4 bridgehead atoms. The number of benzene rings is 4. The second kappa shape index (κ2) is 11.9. The van der Waals surface area contributed by atoms with E-state index in [-0.39, 0.29) is 38.6 Å². The van der Waals surface area contributed by atoms with Crippen LogP contribution in [-0.4, -0.2) is 44.5 Å². The number of anilines is 1. The van der Waals surface area contributed by atoms with Gasteiger partial charge in [-0.15, -0.1) is 0 Å². The molecule has 4 N–H and O–H groups in total. The van der Waals surface area contributed by atoms with Crippen LogP contribution in [0.1, 0.15) is 128 Å². The first-order valence-corrected chi connectivity index (χ1v) is 22.6. The van der Waals surface area contributed by atoms with E-state index in [4.69, 9.17) is 30.7 Å². The van der Waals surface area contributed by atoms with Gasteiger partial charge in [0.25, 0.3) is 0 Å². The number of rotatable bonds is 0. The Balaban J connectivity index is 1.45. The zero-order valence-corrected chi connectivity index (χ0v) is 37.5. The molecular formula is C49H52N8O2Si. The number of aromatic nitrogens is 2. The van der Waals surface area contributed by atoms with Crippen molar-refractivity contribution in [2.45, 2.75) is 105 Å². The molecule has 11 heteroatoms. The van der Waals surface area contributed by atoms with Crippen LogP contribution in [-0.2, 0) is 21.7 Å². The molecule has 10 rings (SSSR count). The second-order valence-electron chi connectivity index (χ2n) is 20.9. The lowest BCUT2D eigenvalue weighted by Gasteiger charge is -2.30. The third-order valence-corrected chi connectivity index (χ3v) is 15.6. The molecule has 60 heavy (non-hydrogen) atoms. The van der Waals surface area contributed by atoms with E-state index in [9.17, 15) is 9.90 Å². The molecule has 4 aromatic carbocycles. The van der Waals surface area contributed by atoms with E-state index in [0.29, 0.717) is 45.2 Å². The fourth-order valence-corrected chi connectivity index (χ4v) is 11.9. The Hall–Kier alpha value is -5.91. The molecule has 6 heterocycles. The van der Waals surface area contributed by atoms with Crippen molar-refractivity contribution in [2.24, 2.45) is 25.0 Å². The van der Waals surface area contributed by atoms with Crippen molar-refractivity contribution in [2.75, 3.05) is 5.73 Å². The maximum Gasteiger partial charge on any atom is 0.503 e. The van der Waals surface area contributed by atoms with Crippen molar-refractivity contribution >= 4 is 65.0 Å². The van der Waals surface area contributed by atoms with Gasteiger partial charge in [-0.25, -0.2) is 25.0 Å². The van der Waals surface area contributed by atoms with Gasteiger partial charge >= 0.3 is 8.64 Å². The number of aliphatic imine (C=N–C) groups is 3. The Morgan fingerprint density at radius 3 is 1.50 bits per heavy atom. The number of nitrogens with zero attached hydrogens (tertiary/aromatic N) is 7. The van der Waals surface area contributed by atoms with E-state index in [1.807, 2.05) is 12.1 Å². The highest BCUT2D eigenvalue weighted by Gasteiger charge is 2.53. The fourth-order valence-electron chi connectivity index (χ4n) is 8.89. The SMILES string of the molecule is CC(C)(C)c1ccc2c(c1)C1=Nc3c4ccc(C(C)(C)C)cc4c(N)n3[Si]3(O)/C(O)=C4\N=C(N=c5c6ccc(C(C)(C)C)cc6c(n53)=NC2=N1)c1cc(C(C)(C)C)ccc14. The summed E-state index contributed by atoms with van der Waals surface area (Å²) in [4.78, 5) is 40.8. The summed E-state index contributed by atoms with van der Waals surface area (Å²) in [6.45, 7) is 26.1. The van der Waals surface area contributed by atoms with Crippen LogP contribution in [0.25, 0.3) is 27.2 Å². The van der Waals surface area contributed by atoms with Gasteiger partial charge in [0.1, 0.15) is 28.3 Å². The zero-order chi connectivity index (χ0) is 42.8. The van der Waals surface area contributed by atoms with Crippen molar-refractivity contribution in [3.8, 4) is 0 Å². The van der Waals surface area contributed by atoms with Crippen LogP contribution in [0.15, 0.2) is 103 Å². The van der Waals surface area contributed by atoms with Gasteiger partial charge in [-0.1, -0.05) is 132 Å². The maximum absolute atomic E-state index is 14.3. The molecule has 10 nitrogen and oxygen atoms in total. The molecule has 1 atom stereocenters. The molecule has 4 aliphatic heterocycles. The monoisotopic (exact) mass is 812 g/mol. The first-order valence-electron chi connectivity index (χ1n) is 20.8. The normalized spacial score (nSPS) is 19.6. The summed E-state index contributed by atoms with van der Waals surface area (Å²) in [7, 11) is -4.83. The molecule has 0 amide bonds.